The van der Waals surface area contributed by atoms with E-state index in [0.29, 0.717) is 22.5 Å². The molecule has 3 rings (SSSR count). The summed E-state index contributed by atoms with van der Waals surface area (Å²) >= 11 is 3.26. The highest BCUT2D eigenvalue weighted by atomic mass is 79.9. The molecule has 2 aromatic heterocycles. The van der Waals surface area contributed by atoms with Crippen molar-refractivity contribution in [3.8, 4) is 0 Å². The van der Waals surface area contributed by atoms with E-state index in [-0.39, 0.29) is 11.9 Å². The number of halogens is 1. The van der Waals surface area contributed by atoms with Crippen molar-refractivity contribution in [2.75, 3.05) is 0 Å². The smallest absolute Gasteiger partial charge is 0.270 e. The molecule has 112 valence electrons. The quantitative estimate of drug-likeness (QED) is 0.761. The first-order valence-electron chi connectivity index (χ1n) is 6.77. The molecule has 21 heavy (non-hydrogen) atoms. The van der Waals surface area contributed by atoms with Crippen LogP contribution in [0.3, 0.4) is 0 Å². The van der Waals surface area contributed by atoms with Crippen LogP contribution in [-0.4, -0.2) is 42.9 Å². The molecule has 1 aliphatic carbocycles. The number of H-pyrrole nitrogens is 1. The number of hydrogen-bond acceptors (Lipinski definition) is 4. The maximum Gasteiger partial charge on any atom is 0.270 e. The minimum atomic E-state index is -0.524. The van der Waals surface area contributed by atoms with E-state index in [2.05, 4.69) is 36.4 Å². The average molecular weight is 354 g/mol. The second kappa shape index (κ2) is 5.98. The summed E-state index contributed by atoms with van der Waals surface area (Å²) in [4.78, 5) is 16.1. The van der Waals surface area contributed by atoms with Gasteiger partial charge in [-0.2, -0.15) is 5.10 Å². The van der Waals surface area contributed by atoms with Crippen LogP contribution in [0.4, 0.5) is 0 Å². The van der Waals surface area contributed by atoms with Gasteiger partial charge in [-0.05, 0) is 34.7 Å². The van der Waals surface area contributed by atoms with Gasteiger partial charge in [-0.15, -0.1) is 0 Å². The minimum absolute atomic E-state index is 0.235. The highest BCUT2D eigenvalue weighted by Crippen LogP contribution is 2.28. The summed E-state index contributed by atoms with van der Waals surface area (Å²) in [7, 11) is 0. The molecule has 3 N–H and O–H groups in total. The molecule has 1 aliphatic rings. The van der Waals surface area contributed by atoms with Crippen molar-refractivity contribution in [2.24, 2.45) is 5.92 Å². The van der Waals surface area contributed by atoms with Crippen LogP contribution in [-0.2, 0) is 6.54 Å². The van der Waals surface area contributed by atoms with Crippen LogP contribution in [0.2, 0.25) is 0 Å². The topological polar surface area (TPSA) is 95.8 Å². The van der Waals surface area contributed by atoms with Gasteiger partial charge in [0.15, 0.2) is 0 Å². The third-order valence-corrected chi connectivity index (χ3v) is 4.39. The van der Waals surface area contributed by atoms with Crippen LogP contribution in [0.1, 0.15) is 23.3 Å². The Hall–Kier alpha value is -1.67. The first-order valence-corrected chi connectivity index (χ1v) is 7.56. The van der Waals surface area contributed by atoms with Crippen molar-refractivity contribution in [2.45, 2.75) is 31.5 Å². The zero-order valence-corrected chi connectivity index (χ0v) is 12.8. The molecule has 0 saturated heterocycles. The number of imidazole rings is 1. The SMILES string of the molecule is O=C(N[C@@H]1CC(Cn2ccnc2)C[C@H]1O)c1[nH]ncc1Br. The van der Waals surface area contributed by atoms with E-state index in [1.54, 1.807) is 12.5 Å². The maximum absolute atomic E-state index is 12.1. The molecule has 2 aromatic rings. The first-order chi connectivity index (χ1) is 10.1. The van der Waals surface area contributed by atoms with E-state index in [9.17, 15) is 9.90 Å². The van der Waals surface area contributed by atoms with E-state index < -0.39 is 6.10 Å². The van der Waals surface area contributed by atoms with Gasteiger partial charge in [0.05, 0.1) is 29.1 Å². The molecule has 1 fully saturated rings. The lowest BCUT2D eigenvalue weighted by molar-refractivity contribution is 0.0867. The van der Waals surface area contributed by atoms with Crippen LogP contribution in [0, 0.1) is 5.92 Å². The molecule has 0 aromatic carbocycles. The van der Waals surface area contributed by atoms with Gasteiger partial charge in [-0.3, -0.25) is 9.89 Å². The number of aromatic nitrogens is 4. The molecule has 0 aliphatic heterocycles. The zero-order valence-electron chi connectivity index (χ0n) is 11.2. The Balaban J connectivity index is 1.59. The van der Waals surface area contributed by atoms with E-state index in [1.807, 2.05) is 10.8 Å². The predicted molar refractivity (Wildman–Crippen MR) is 78.5 cm³/mol. The average Bonchev–Trinajstić information content (AvgIpc) is 3.14. The van der Waals surface area contributed by atoms with Gasteiger partial charge in [-0.25, -0.2) is 4.98 Å². The van der Waals surface area contributed by atoms with E-state index in [4.69, 9.17) is 0 Å². The summed E-state index contributed by atoms with van der Waals surface area (Å²) in [5, 5.41) is 19.4. The van der Waals surface area contributed by atoms with Crippen LogP contribution in [0.15, 0.2) is 29.4 Å². The Labute approximate surface area is 129 Å². The molecule has 1 saturated carbocycles. The Kier molecular flexibility index (Phi) is 4.07. The number of rotatable bonds is 4. The minimum Gasteiger partial charge on any atom is -0.391 e. The molecule has 8 heteroatoms. The summed E-state index contributed by atoms with van der Waals surface area (Å²) in [6.45, 7) is 0.803. The lowest BCUT2D eigenvalue weighted by atomic mass is 10.1. The van der Waals surface area contributed by atoms with E-state index >= 15 is 0 Å². The normalized spacial score (nSPS) is 25.1. The molecule has 3 atom stereocenters. The van der Waals surface area contributed by atoms with Gasteiger partial charge in [0.25, 0.3) is 5.91 Å². The summed E-state index contributed by atoms with van der Waals surface area (Å²) in [6, 6.07) is -0.235. The number of aliphatic hydroxyl groups excluding tert-OH is 1. The van der Waals surface area contributed by atoms with Crippen molar-refractivity contribution in [3.63, 3.8) is 0 Å². The van der Waals surface area contributed by atoms with Crippen LogP contribution >= 0.6 is 15.9 Å². The third kappa shape index (κ3) is 3.16. The Morgan fingerprint density at radius 3 is 3.10 bits per heavy atom. The fourth-order valence-electron chi connectivity index (χ4n) is 2.79. The number of aromatic amines is 1. The number of nitrogens with zero attached hydrogens (tertiary/aromatic N) is 3. The van der Waals surface area contributed by atoms with Crippen molar-refractivity contribution < 1.29 is 9.90 Å². The van der Waals surface area contributed by atoms with Gasteiger partial charge in [0.2, 0.25) is 0 Å². The Morgan fingerprint density at radius 2 is 2.43 bits per heavy atom. The van der Waals surface area contributed by atoms with Crippen LogP contribution < -0.4 is 5.32 Å². The standard InChI is InChI=1S/C13H16BrN5O2/c14-9-5-16-18-12(9)13(21)17-10-3-8(4-11(10)20)6-19-2-1-15-7-19/h1-2,5,7-8,10-11,20H,3-4,6H2,(H,16,18)(H,17,21)/t8?,10-,11-/m1/s1. The number of amides is 1. The molecule has 0 bridgehead atoms. The third-order valence-electron chi connectivity index (χ3n) is 3.79. The molecule has 0 spiro atoms. The number of nitrogens with one attached hydrogen (secondary N) is 2. The highest BCUT2D eigenvalue weighted by Gasteiger charge is 2.34. The lowest BCUT2D eigenvalue weighted by Gasteiger charge is -2.16. The fourth-order valence-corrected chi connectivity index (χ4v) is 3.16. The fraction of sp³-hybridized carbons (Fsp3) is 0.462. The molecule has 7 nitrogen and oxygen atoms in total. The van der Waals surface area contributed by atoms with Crippen LogP contribution in [0.25, 0.3) is 0 Å². The zero-order chi connectivity index (χ0) is 14.8. The second-order valence-corrected chi connectivity index (χ2v) is 6.19. The second-order valence-electron chi connectivity index (χ2n) is 5.34. The molecular formula is C13H16BrN5O2. The van der Waals surface area contributed by atoms with Gasteiger partial charge < -0.3 is 15.0 Å². The largest absolute Gasteiger partial charge is 0.391 e. The van der Waals surface area contributed by atoms with Crippen molar-refractivity contribution in [1.29, 1.82) is 0 Å². The van der Waals surface area contributed by atoms with Crippen molar-refractivity contribution in [1.82, 2.24) is 25.1 Å². The van der Waals surface area contributed by atoms with Crippen LogP contribution in [0.5, 0.6) is 0 Å². The summed E-state index contributed by atoms with van der Waals surface area (Å²) in [5.41, 5.74) is 0.375. The molecule has 1 amide bonds. The van der Waals surface area contributed by atoms with E-state index in [0.717, 1.165) is 13.0 Å². The number of carbonyl (C=O) groups is 1. The van der Waals surface area contributed by atoms with Gasteiger partial charge in [0, 0.05) is 18.9 Å². The molecular weight excluding hydrogens is 338 g/mol. The Morgan fingerprint density at radius 1 is 1.57 bits per heavy atom. The maximum atomic E-state index is 12.1. The monoisotopic (exact) mass is 353 g/mol. The number of aliphatic hydroxyl groups is 1. The summed E-state index contributed by atoms with van der Waals surface area (Å²) in [6.07, 6.45) is 7.83. The van der Waals surface area contributed by atoms with Gasteiger partial charge in [0.1, 0.15) is 5.69 Å². The van der Waals surface area contributed by atoms with E-state index in [1.165, 1.54) is 6.20 Å². The summed E-state index contributed by atoms with van der Waals surface area (Å²) < 4.78 is 2.61. The number of hydrogen-bond donors (Lipinski definition) is 3. The molecule has 1 unspecified atom stereocenters. The van der Waals surface area contributed by atoms with Gasteiger partial charge >= 0.3 is 0 Å². The Bertz CT molecular complexity index is 612. The molecule has 2 heterocycles. The van der Waals surface area contributed by atoms with Gasteiger partial charge in [-0.1, -0.05) is 0 Å². The van der Waals surface area contributed by atoms with Crippen molar-refractivity contribution >= 4 is 21.8 Å². The van der Waals surface area contributed by atoms with Crippen molar-refractivity contribution in [3.05, 3.63) is 35.1 Å². The predicted octanol–water partition coefficient (Wildman–Crippen LogP) is 0.938. The highest BCUT2D eigenvalue weighted by molar-refractivity contribution is 9.10. The summed E-state index contributed by atoms with van der Waals surface area (Å²) in [5.74, 6) is 0.0661. The first kappa shape index (κ1) is 14.3. The molecule has 0 radical (unpaired) electrons. The lowest BCUT2D eigenvalue weighted by Crippen LogP contribution is -2.40. The number of carbonyl (C=O) groups excluding carboxylic acids is 1.